The molecule has 0 fully saturated rings. The van der Waals surface area contributed by atoms with Gasteiger partial charge in [0.05, 0.1) is 6.61 Å². The van der Waals surface area contributed by atoms with E-state index in [4.69, 9.17) is 4.84 Å². The zero-order valence-electron chi connectivity index (χ0n) is 10.5. The molecular weight excluding hydrogens is 197 g/mol. The van der Waals surface area contributed by atoms with Gasteiger partial charge in [-0.2, -0.15) is 5.06 Å². The van der Waals surface area contributed by atoms with Crippen LogP contribution >= 0.6 is 0 Å². The SMILES string of the molecule is BCCN(CC)OCC(=C)C1=CCCC=C1. The minimum Gasteiger partial charge on any atom is -0.294 e. The van der Waals surface area contributed by atoms with Crippen LogP contribution in [0.15, 0.2) is 36.0 Å². The second-order valence-corrected chi connectivity index (χ2v) is 4.04. The van der Waals surface area contributed by atoms with Crippen LogP contribution < -0.4 is 0 Å². The first kappa shape index (κ1) is 13.3. The molecule has 0 aromatic heterocycles. The van der Waals surface area contributed by atoms with Crippen molar-refractivity contribution in [2.75, 3.05) is 19.7 Å². The Morgan fingerprint density at radius 2 is 2.38 bits per heavy atom. The summed E-state index contributed by atoms with van der Waals surface area (Å²) < 4.78 is 0. The van der Waals surface area contributed by atoms with Crippen molar-refractivity contribution < 1.29 is 4.84 Å². The highest BCUT2D eigenvalue weighted by Gasteiger charge is 2.06. The summed E-state index contributed by atoms with van der Waals surface area (Å²) in [6.45, 7) is 8.70. The molecule has 0 saturated heterocycles. The van der Waals surface area contributed by atoms with Gasteiger partial charge in [0.2, 0.25) is 0 Å². The van der Waals surface area contributed by atoms with E-state index >= 15 is 0 Å². The minimum absolute atomic E-state index is 0.601. The lowest BCUT2D eigenvalue weighted by Gasteiger charge is -2.20. The summed E-state index contributed by atoms with van der Waals surface area (Å²) >= 11 is 0. The second-order valence-electron chi connectivity index (χ2n) is 4.04. The fraction of sp³-hybridized carbons (Fsp3) is 0.538. The molecule has 0 bridgehead atoms. The molecule has 0 N–H and O–H groups in total. The van der Waals surface area contributed by atoms with Gasteiger partial charge in [0.1, 0.15) is 7.85 Å². The summed E-state index contributed by atoms with van der Waals surface area (Å²) in [4.78, 5) is 5.71. The van der Waals surface area contributed by atoms with Crippen molar-refractivity contribution in [1.82, 2.24) is 5.06 Å². The van der Waals surface area contributed by atoms with Crippen molar-refractivity contribution in [3.63, 3.8) is 0 Å². The van der Waals surface area contributed by atoms with E-state index in [2.05, 4.69) is 39.6 Å². The van der Waals surface area contributed by atoms with E-state index in [9.17, 15) is 0 Å². The van der Waals surface area contributed by atoms with Gasteiger partial charge in [-0.25, -0.2) is 0 Å². The van der Waals surface area contributed by atoms with Crippen LogP contribution in [0.2, 0.25) is 6.32 Å². The van der Waals surface area contributed by atoms with Crippen LogP contribution in [0.4, 0.5) is 0 Å². The molecule has 3 heteroatoms. The Morgan fingerprint density at radius 1 is 1.56 bits per heavy atom. The quantitative estimate of drug-likeness (QED) is 0.480. The van der Waals surface area contributed by atoms with Crippen LogP contribution in [0.5, 0.6) is 0 Å². The number of hydrogen-bond donors (Lipinski definition) is 0. The first-order valence-corrected chi connectivity index (χ1v) is 6.20. The van der Waals surface area contributed by atoms with Crippen LogP contribution in [-0.2, 0) is 4.84 Å². The summed E-state index contributed by atoms with van der Waals surface area (Å²) in [7, 11) is 2.16. The molecule has 1 rings (SSSR count). The van der Waals surface area contributed by atoms with Crippen molar-refractivity contribution in [3.05, 3.63) is 36.0 Å². The van der Waals surface area contributed by atoms with Gasteiger partial charge >= 0.3 is 0 Å². The Morgan fingerprint density at radius 3 is 2.94 bits per heavy atom. The molecule has 0 heterocycles. The van der Waals surface area contributed by atoms with E-state index in [-0.39, 0.29) is 0 Å². The average molecular weight is 219 g/mol. The number of hydroxylamine groups is 2. The molecule has 0 atom stereocenters. The molecule has 0 aliphatic heterocycles. The topological polar surface area (TPSA) is 12.5 Å². The van der Waals surface area contributed by atoms with E-state index < -0.39 is 0 Å². The van der Waals surface area contributed by atoms with E-state index in [1.165, 1.54) is 5.57 Å². The third-order valence-electron chi connectivity index (χ3n) is 2.65. The monoisotopic (exact) mass is 219 g/mol. The van der Waals surface area contributed by atoms with E-state index in [1.807, 2.05) is 5.06 Å². The first-order chi connectivity index (χ1) is 7.77. The van der Waals surface area contributed by atoms with E-state index in [0.29, 0.717) is 6.61 Å². The number of nitrogens with zero attached hydrogens (tertiary/aromatic N) is 1. The molecule has 88 valence electrons. The van der Waals surface area contributed by atoms with Crippen molar-refractivity contribution in [2.45, 2.75) is 26.1 Å². The van der Waals surface area contributed by atoms with Gasteiger partial charge < -0.3 is 0 Å². The van der Waals surface area contributed by atoms with Crippen LogP contribution in [0.25, 0.3) is 0 Å². The molecule has 0 unspecified atom stereocenters. The maximum absolute atomic E-state index is 5.71. The third kappa shape index (κ3) is 4.37. The molecule has 0 spiro atoms. The van der Waals surface area contributed by atoms with E-state index in [0.717, 1.165) is 37.8 Å². The standard InChI is InChI=1S/C13H22BNO/c1-3-15(10-9-14)16-11-12(2)13-7-5-4-6-8-13/h5,7-8H,2-4,6,9-11,14H2,1H3. The zero-order chi connectivity index (χ0) is 11.8. The molecule has 2 nitrogen and oxygen atoms in total. The van der Waals surface area contributed by atoms with Gasteiger partial charge in [-0.3, -0.25) is 4.84 Å². The average Bonchev–Trinajstić information content (AvgIpc) is 2.35. The predicted molar refractivity (Wildman–Crippen MR) is 72.1 cm³/mol. The largest absolute Gasteiger partial charge is 0.294 e. The highest BCUT2D eigenvalue weighted by atomic mass is 16.7. The summed E-state index contributed by atoms with van der Waals surface area (Å²) in [6.07, 6.45) is 9.96. The molecule has 0 aromatic carbocycles. The number of rotatable bonds is 7. The Kier molecular flexibility index (Phi) is 6.20. The van der Waals surface area contributed by atoms with Gasteiger partial charge in [-0.15, -0.1) is 0 Å². The summed E-state index contributed by atoms with van der Waals surface area (Å²) in [5, 5.41) is 2.00. The van der Waals surface area contributed by atoms with Gasteiger partial charge in [-0.05, 0) is 24.0 Å². The number of hydrogen-bond acceptors (Lipinski definition) is 2. The second kappa shape index (κ2) is 7.47. The predicted octanol–water partition coefficient (Wildman–Crippen LogP) is 2.12. The van der Waals surface area contributed by atoms with Crippen LogP contribution in [0, 0.1) is 0 Å². The van der Waals surface area contributed by atoms with Gasteiger partial charge in [0.25, 0.3) is 0 Å². The van der Waals surface area contributed by atoms with Crippen LogP contribution in [0.3, 0.4) is 0 Å². The minimum atomic E-state index is 0.601. The lowest BCUT2D eigenvalue weighted by atomic mass is 10.0. The maximum Gasteiger partial charge on any atom is 0.103 e. The summed E-state index contributed by atoms with van der Waals surface area (Å²) in [6, 6.07) is 0. The fourth-order valence-electron chi connectivity index (χ4n) is 1.69. The number of allylic oxidation sites excluding steroid dienone is 3. The molecule has 1 aliphatic carbocycles. The Balaban J connectivity index is 2.33. The lowest BCUT2D eigenvalue weighted by molar-refractivity contribution is -0.142. The highest BCUT2D eigenvalue weighted by molar-refractivity contribution is 6.08. The maximum atomic E-state index is 5.71. The van der Waals surface area contributed by atoms with Gasteiger partial charge in [-0.1, -0.05) is 38.1 Å². The lowest BCUT2D eigenvalue weighted by Crippen LogP contribution is -2.25. The molecule has 0 amide bonds. The third-order valence-corrected chi connectivity index (χ3v) is 2.65. The molecule has 0 saturated carbocycles. The summed E-state index contributed by atoms with van der Waals surface area (Å²) in [5.74, 6) is 0. The van der Waals surface area contributed by atoms with Crippen LogP contribution in [-0.4, -0.2) is 32.6 Å². The molecule has 0 radical (unpaired) electrons. The van der Waals surface area contributed by atoms with Crippen LogP contribution in [0.1, 0.15) is 19.8 Å². The van der Waals surface area contributed by atoms with Crippen molar-refractivity contribution >= 4 is 7.85 Å². The molecule has 16 heavy (non-hydrogen) atoms. The fourth-order valence-corrected chi connectivity index (χ4v) is 1.69. The Bertz CT molecular complexity index is 284. The smallest absolute Gasteiger partial charge is 0.103 e. The Labute approximate surface area is 100 Å². The highest BCUT2D eigenvalue weighted by Crippen LogP contribution is 2.17. The van der Waals surface area contributed by atoms with E-state index in [1.54, 1.807) is 0 Å². The summed E-state index contributed by atoms with van der Waals surface area (Å²) in [5.41, 5.74) is 2.31. The van der Waals surface area contributed by atoms with Crippen molar-refractivity contribution in [2.24, 2.45) is 0 Å². The normalized spacial score (nSPS) is 15.2. The Hall–Kier alpha value is -0.795. The molecule has 1 aliphatic rings. The first-order valence-electron chi connectivity index (χ1n) is 6.20. The molecule has 0 aromatic rings. The van der Waals surface area contributed by atoms with Crippen molar-refractivity contribution in [3.8, 4) is 0 Å². The van der Waals surface area contributed by atoms with Gasteiger partial charge in [0.15, 0.2) is 0 Å². The van der Waals surface area contributed by atoms with Crippen molar-refractivity contribution in [1.29, 1.82) is 0 Å². The molecular formula is C13H22BNO. The zero-order valence-corrected chi connectivity index (χ0v) is 10.5. The van der Waals surface area contributed by atoms with Gasteiger partial charge in [0, 0.05) is 13.1 Å².